The molecule has 5 rings (SSSR count). The number of ketones is 1. The van der Waals surface area contributed by atoms with Crippen molar-refractivity contribution in [2.45, 2.75) is 97.0 Å². The molecule has 0 aromatic heterocycles. The van der Waals surface area contributed by atoms with Crippen LogP contribution in [-0.4, -0.2) is 17.0 Å². The highest BCUT2D eigenvalue weighted by molar-refractivity contribution is 5.78. The number of hydrogen-bond donors (Lipinski definition) is 1. The van der Waals surface area contributed by atoms with Crippen LogP contribution in [0.5, 0.6) is 0 Å². The van der Waals surface area contributed by atoms with Gasteiger partial charge in [-0.2, -0.15) is 0 Å². The van der Waals surface area contributed by atoms with Gasteiger partial charge in [0.2, 0.25) is 0 Å². The monoisotopic (exact) mass is 358 g/mol. The van der Waals surface area contributed by atoms with Gasteiger partial charge in [-0.3, -0.25) is 4.79 Å². The Hall–Kier alpha value is -0.370. The van der Waals surface area contributed by atoms with Gasteiger partial charge in [-0.1, -0.05) is 13.3 Å². The van der Waals surface area contributed by atoms with Gasteiger partial charge in [0.1, 0.15) is 5.78 Å². The van der Waals surface area contributed by atoms with E-state index in [1.54, 1.807) is 0 Å². The third-order valence-electron chi connectivity index (χ3n) is 10.6. The lowest BCUT2D eigenvalue weighted by molar-refractivity contribution is -0.147. The number of fused-ring (bicyclic) bond motifs is 4. The lowest BCUT2D eigenvalue weighted by Gasteiger charge is -2.62. The van der Waals surface area contributed by atoms with Crippen LogP contribution in [0.2, 0.25) is 0 Å². The molecule has 9 atom stereocenters. The molecule has 0 radical (unpaired) electrons. The summed E-state index contributed by atoms with van der Waals surface area (Å²) in [6.07, 6.45) is 15.5. The first kappa shape index (κ1) is 17.7. The number of carbonyl (C=O) groups is 1. The molecule has 146 valence electrons. The van der Waals surface area contributed by atoms with Gasteiger partial charge >= 0.3 is 0 Å². The third-order valence-corrected chi connectivity index (χ3v) is 10.6. The van der Waals surface area contributed by atoms with Gasteiger partial charge in [-0.05, 0) is 118 Å². The summed E-state index contributed by atoms with van der Waals surface area (Å²) in [5.74, 6) is 5.03. The van der Waals surface area contributed by atoms with E-state index in [0.29, 0.717) is 28.4 Å². The number of hydrogen-bond acceptors (Lipinski definition) is 2. The van der Waals surface area contributed by atoms with E-state index in [-0.39, 0.29) is 6.10 Å². The van der Waals surface area contributed by atoms with Crippen LogP contribution >= 0.6 is 0 Å². The molecule has 1 spiro atoms. The van der Waals surface area contributed by atoms with Crippen LogP contribution in [0.1, 0.15) is 90.9 Å². The van der Waals surface area contributed by atoms with Crippen LogP contribution in [0, 0.1) is 46.3 Å². The Morgan fingerprint density at radius 1 is 0.885 bits per heavy atom. The molecule has 5 unspecified atom stereocenters. The Bertz CT molecular complexity index is 585. The van der Waals surface area contributed by atoms with E-state index >= 15 is 0 Å². The zero-order valence-electron chi connectivity index (χ0n) is 16.9. The molecule has 5 aliphatic rings. The minimum atomic E-state index is -0.0370. The number of carbonyl (C=O) groups excluding carboxylic acids is 1. The Morgan fingerprint density at radius 3 is 2.50 bits per heavy atom. The molecule has 5 saturated carbocycles. The SMILES string of the molecule is CC(=O)[C@H]1CCCC23CCC4C(CC[C@H]5C[C@H](O)CC[C@]45C)C2CCC13. The largest absolute Gasteiger partial charge is 0.393 e. The summed E-state index contributed by atoms with van der Waals surface area (Å²) in [5.41, 5.74) is 1.00. The number of rotatable bonds is 1. The van der Waals surface area contributed by atoms with Crippen molar-refractivity contribution in [2.24, 2.45) is 46.3 Å². The van der Waals surface area contributed by atoms with Crippen LogP contribution in [0.15, 0.2) is 0 Å². The Labute approximate surface area is 159 Å². The predicted molar refractivity (Wildman–Crippen MR) is 104 cm³/mol. The molecule has 0 heterocycles. The number of Topliss-reactive ketones (excluding diaryl/α,β-unsaturated/α-hetero) is 1. The van der Waals surface area contributed by atoms with Gasteiger partial charge in [0, 0.05) is 5.92 Å². The van der Waals surface area contributed by atoms with Crippen LogP contribution in [0.25, 0.3) is 0 Å². The fourth-order valence-electron chi connectivity index (χ4n) is 9.52. The Morgan fingerprint density at radius 2 is 1.69 bits per heavy atom. The second-order valence-corrected chi connectivity index (χ2v) is 11.2. The number of aliphatic hydroxyl groups is 1. The quantitative estimate of drug-likeness (QED) is 0.683. The van der Waals surface area contributed by atoms with E-state index in [1.165, 1.54) is 64.2 Å². The maximum atomic E-state index is 12.3. The third kappa shape index (κ3) is 2.29. The van der Waals surface area contributed by atoms with E-state index in [9.17, 15) is 9.90 Å². The van der Waals surface area contributed by atoms with E-state index in [0.717, 1.165) is 36.5 Å². The van der Waals surface area contributed by atoms with Crippen molar-refractivity contribution >= 4 is 5.78 Å². The molecular formula is C24H38O2. The van der Waals surface area contributed by atoms with Crippen molar-refractivity contribution in [1.82, 2.24) is 0 Å². The molecule has 5 aliphatic carbocycles. The first-order chi connectivity index (χ1) is 12.5. The van der Waals surface area contributed by atoms with Gasteiger partial charge in [-0.25, -0.2) is 0 Å². The first-order valence-corrected chi connectivity index (χ1v) is 11.6. The molecule has 5 fully saturated rings. The van der Waals surface area contributed by atoms with Crippen LogP contribution in [0.4, 0.5) is 0 Å². The second-order valence-electron chi connectivity index (χ2n) is 11.2. The molecule has 0 aromatic carbocycles. The standard InChI is InChI=1S/C24H38O2/c1-15(25)18-4-3-11-24-13-10-20-19(22(24)8-7-21(18)24)6-5-16-14-17(26)9-12-23(16,20)2/h16-22,26H,3-14H2,1-2H3/t16-,17+,18+,19?,20?,21?,22?,23-,24?/m0/s1. The van der Waals surface area contributed by atoms with Crippen LogP contribution in [0.3, 0.4) is 0 Å². The fourth-order valence-corrected chi connectivity index (χ4v) is 9.52. The highest BCUT2D eigenvalue weighted by atomic mass is 16.3. The molecule has 0 aliphatic heterocycles. The smallest absolute Gasteiger partial charge is 0.133 e. The van der Waals surface area contributed by atoms with Crippen molar-refractivity contribution < 1.29 is 9.90 Å². The van der Waals surface area contributed by atoms with Gasteiger partial charge in [0.05, 0.1) is 6.10 Å². The minimum Gasteiger partial charge on any atom is -0.393 e. The van der Waals surface area contributed by atoms with Crippen molar-refractivity contribution in [2.75, 3.05) is 0 Å². The first-order valence-electron chi connectivity index (χ1n) is 11.6. The van der Waals surface area contributed by atoms with Gasteiger partial charge in [-0.15, -0.1) is 0 Å². The molecular weight excluding hydrogens is 320 g/mol. The summed E-state index contributed by atoms with van der Waals surface area (Å²) < 4.78 is 0. The maximum absolute atomic E-state index is 12.3. The molecule has 0 bridgehead atoms. The van der Waals surface area contributed by atoms with Crippen molar-refractivity contribution in [3.8, 4) is 0 Å². The zero-order chi connectivity index (χ0) is 18.1. The highest BCUT2D eigenvalue weighted by Gasteiger charge is 2.63. The van der Waals surface area contributed by atoms with Crippen LogP contribution < -0.4 is 0 Å². The maximum Gasteiger partial charge on any atom is 0.133 e. The minimum absolute atomic E-state index is 0.0370. The van der Waals surface area contributed by atoms with E-state index < -0.39 is 0 Å². The van der Waals surface area contributed by atoms with E-state index in [2.05, 4.69) is 6.92 Å². The average Bonchev–Trinajstić information content (AvgIpc) is 3.02. The fraction of sp³-hybridized carbons (Fsp3) is 0.958. The molecule has 2 heteroatoms. The molecule has 0 saturated heterocycles. The normalized spacial score (nSPS) is 56.0. The summed E-state index contributed by atoms with van der Waals surface area (Å²) in [6.45, 7) is 4.45. The van der Waals surface area contributed by atoms with E-state index in [4.69, 9.17) is 0 Å². The molecule has 1 N–H and O–H groups in total. The lowest BCUT2D eigenvalue weighted by atomic mass is 9.43. The molecule has 0 amide bonds. The summed E-state index contributed by atoms with van der Waals surface area (Å²) in [7, 11) is 0. The Balaban J connectivity index is 1.44. The lowest BCUT2D eigenvalue weighted by Crippen LogP contribution is -2.55. The summed E-state index contributed by atoms with van der Waals surface area (Å²) in [5, 5.41) is 10.2. The van der Waals surface area contributed by atoms with E-state index in [1.807, 2.05) is 6.92 Å². The summed E-state index contributed by atoms with van der Waals surface area (Å²) >= 11 is 0. The topological polar surface area (TPSA) is 37.3 Å². The Kier molecular flexibility index (Phi) is 4.13. The average molecular weight is 359 g/mol. The van der Waals surface area contributed by atoms with Crippen molar-refractivity contribution in [1.29, 1.82) is 0 Å². The number of aliphatic hydroxyl groups excluding tert-OH is 1. The highest BCUT2D eigenvalue weighted by Crippen LogP contribution is 2.70. The van der Waals surface area contributed by atoms with Gasteiger partial charge < -0.3 is 5.11 Å². The van der Waals surface area contributed by atoms with Gasteiger partial charge in [0.15, 0.2) is 0 Å². The molecule has 0 aromatic rings. The predicted octanol–water partition coefficient (Wildman–Crippen LogP) is 5.38. The summed E-state index contributed by atoms with van der Waals surface area (Å²) in [6, 6.07) is 0. The van der Waals surface area contributed by atoms with Gasteiger partial charge in [0.25, 0.3) is 0 Å². The van der Waals surface area contributed by atoms with Crippen molar-refractivity contribution in [3.63, 3.8) is 0 Å². The molecule has 2 nitrogen and oxygen atoms in total. The summed E-state index contributed by atoms with van der Waals surface area (Å²) in [4.78, 5) is 12.3. The molecule has 26 heavy (non-hydrogen) atoms. The van der Waals surface area contributed by atoms with Crippen molar-refractivity contribution in [3.05, 3.63) is 0 Å². The zero-order valence-corrected chi connectivity index (χ0v) is 16.9. The van der Waals surface area contributed by atoms with Crippen LogP contribution in [-0.2, 0) is 4.79 Å². The second kappa shape index (κ2) is 6.06.